The van der Waals surface area contributed by atoms with Crippen molar-refractivity contribution in [3.8, 4) is 0 Å². The highest BCUT2D eigenvalue weighted by molar-refractivity contribution is 14.1. The summed E-state index contributed by atoms with van der Waals surface area (Å²) in [6.45, 7) is 7.16. The molecule has 0 aromatic carbocycles. The highest BCUT2D eigenvalue weighted by Gasteiger charge is 2.26. The number of ether oxygens (including phenoxy) is 2. The quantitative estimate of drug-likeness (QED) is 0.318. The lowest BCUT2D eigenvalue weighted by Crippen LogP contribution is -2.28. The molecule has 17 heavy (non-hydrogen) atoms. The summed E-state index contributed by atoms with van der Waals surface area (Å²) in [7, 11) is 0. The molecule has 0 aromatic heterocycles. The van der Waals surface area contributed by atoms with Gasteiger partial charge in [-0.15, -0.1) is 0 Å². The number of rotatable bonds is 5. The van der Waals surface area contributed by atoms with E-state index in [4.69, 9.17) is 12.5 Å². The normalized spacial score (nSPS) is 13.0. The number of esters is 1. The Bertz CT molecular complexity index is 264. The Balaban J connectivity index is 3.89. The van der Waals surface area contributed by atoms with Crippen molar-refractivity contribution in [1.82, 2.24) is 0 Å². The van der Waals surface area contributed by atoms with Crippen LogP contribution in [0, 0.1) is 5.41 Å². The zero-order chi connectivity index (χ0) is 13.5. The van der Waals surface area contributed by atoms with Crippen LogP contribution in [-0.2, 0) is 17.3 Å². The second kappa shape index (κ2) is 8.15. The van der Waals surface area contributed by atoms with Crippen molar-refractivity contribution in [1.29, 1.82) is 0 Å². The fourth-order valence-corrected chi connectivity index (χ4v) is 1.73. The van der Waals surface area contributed by atoms with E-state index in [1.807, 2.05) is 0 Å². The van der Waals surface area contributed by atoms with E-state index in [0.29, 0.717) is 12.4 Å². The molecule has 0 aliphatic heterocycles. The van der Waals surface area contributed by atoms with Gasteiger partial charge in [0.15, 0.2) is 0 Å². The molecule has 0 fully saturated rings. The van der Waals surface area contributed by atoms with Crippen LogP contribution in [0.25, 0.3) is 0 Å². The number of hydrogen-bond acceptors (Lipinski definition) is 6. The molecule has 0 rings (SSSR count). The molecule has 1 unspecified atom stereocenters. The van der Waals surface area contributed by atoms with Crippen LogP contribution in [0.5, 0.6) is 0 Å². The Morgan fingerprint density at radius 2 is 1.88 bits per heavy atom. The maximum atomic E-state index is 11.5. The first-order valence-electron chi connectivity index (χ1n) is 5.05. The monoisotopic (exact) mass is 376 g/mol. The van der Waals surface area contributed by atoms with Gasteiger partial charge in [-0.3, -0.25) is 4.79 Å². The third-order valence-corrected chi connectivity index (χ3v) is 2.67. The van der Waals surface area contributed by atoms with E-state index < -0.39 is 23.0 Å². The van der Waals surface area contributed by atoms with Gasteiger partial charge in [0, 0.05) is 12.7 Å². The van der Waals surface area contributed by atoms with E-state index in [9.17, 15) is 9.59 Å². The minimum absolute atomic E-state index is 0.404. The molecule has 0 saturated heterocycles. The van der Waals surface area contributed by atoms with Gasteiger partial charge >= 0.3 is 11.3 Å². The first-order chi connectivity index (χ1) is 7.77. The predicted octanol–water partition coefficient (Wildman–Crippen LogP) is 3.16. The molecular formula is C10H17IO5S. The van der Waals surface area contributed by atoms with Crippen LogP contribution in [0.4, 0.5) is 4.79 Å². The third kappa shape index (κ3) is 8.67. The lowest BCUT2D eigenvalue weighted by Gasteiger charge is -2.20. The Kier molecular flexibility index (Phi) is 8.14. The summed E-state index contributed by atoms with van der Waals surface area (Å²) in [6, 6.07) is 0. The summed E-state index contributed by atoms with van der Waals surface area (Å²) in [5.41, 5.74) is -0.608. The van der Waals surface area contributed by atoms with Crippen LogP contribution in [-0.4, -0.2) is 29.9 Å². The molecule has 0 N–H and O–H groups in total. The lowest BCUT2D eigenvalue weighted by molar-refractivity contribution is -0.173. The average Bonchev–Trinajstić information content (AvgIpc) is 2.16. The van der Waals surface area contributed by atoms with E-state index in [1.165, 1.54) is 6.92 Å². The van der Waals surface area contributed by atoms with Crippen molar-refractivity contribution in [2.75, 3.05) is 12.4 Å². The Labute approximate surface area is 120 Å². The topological polar surface area (TPSA) is 61.8 Å². The Hall–Kier alpha value is -0.0200. The molecule has 0 aromatic rings. The van der Waals surface area contributed by atoms with Gasteiger partial charge in [0.2, 0.25) is 6.29 Å². The van der Waals surface area contributed by atoms with Crippen LogP contribution in [0.3, 0.4) is 0 Å². The molecule has 1 atom stereocenters. The number of carbonyl (C=O) groups excluding carboxylic acids is 2. The molecule has 0 aliphatic carbocycles. The molecular weight excluding hydrogens is 359 g/mol. The Morgan fingerprint density at radius 1 is 1.29 bits per heavy atom. The van der Waals surface area contributed by atoms with Gasteiger partial charge in [0.25, 0.3) is 0 Å². The molecule has 7 heteroatoms. The number of hydrogen-bond donors (Lipinski definition) is 0. The van der Waals surface area contributed by atoms with Crippen molar-refractivity contribution in [3.05, 3.63) is 0 Å². The molecule has 0 bridgehead atoms. The van der Waals surface area contributed by atoms with Crippen LogP contribution < -0.4 is 0 Å². The van der Waals surface area contributed by atoms with E-state index in [-0.39, 0.29) is 0 Å². The molecule has 0 spiro atoms. The molecule has 0 saturated carbocycles. The molecule has 5 nitrogen and oxygen atoms in total. The van der Waals surface area contributed by atoms with Crippen molar-refractivity contribution < 1.29 is 22.1 Å². The fourth-order valence-electron chi connectivity index (χ4n) is 0.678. The summed E-state index contributed by atoms with van der Waals surface area (Å²) in [4.78, 5) is 22.7. The standard InChI is InChI=1S/C10H17IO5S/c1-7(15-8(12)10(2,3)4)16-9(13)17-6-5-14-11/h7H,5-6H2,1-4H3. The molecule has 0 aliphatic rings. The summed E-state index contributed by atoms with van der Waals surface area (Å²) in [5.74, 6) is 0.0974. The van der Waals surface area contributed by atoms with Crippen LogP contribution >= 0.6 is 34.8 Å². The highest BCUT2D eigenvalue weighted by Crippen LogP contribution is 2.17. The van der Waals surface area contributed by atoms with Crippen LogP contribution in [0.15, 0.2) is 0 Å². The third-order valence-electron chi connectivity index (χ3n) is 1.53. The fraction of sp³-hybridized carbons (Fsp3) is 0.800. The van der Waals surface area contributed by atoms with Gasteiger partial charge in [0.1, 0.15) is 23.0 Å². The van der Waals surface area contributed by atoms with Gasteiger partial charge in [-0.25, -0.2) is 4.79 Å². The molecule has 0 heterocycles. The predicted molar refractivity (Wildman–Crippen MR) is 73.9 cm³/mol. The zero-order valence-corrected chi connectivity index (χ0v) is 13.3. The molecule has 0 radical (unpaired) electrons. The maximum Gasteiger partial charge on any atom is 0.370 e. The van der Waals surface area contributed by atoms with Gasteiger partial charge in [0.05, 0.1) is 12.0 Å². The second-order valence-corrected chi connectivity index (χ2v) is 5.91. The van der Waals surface area contributed by atoms with Crippen molar-refractivity contribution in [2.45, 2.75) is 34.0 Å². The molecule has 100 valence electrons. The second-order valence-electron chi connectivity index (χ2n) is 4.25. The largest absolute Gasteiger partial charge is 0.425 e. The number of halogens is 1. The maximum absolute atomic E-state index is 11.5. The molecule has 0 amide bonds. The zero-order valence-electron chi connectivity index (χ0n) is 10.3. The van der Waals surface area contributed by atoms with Crippen LogP contribution in [0.1, 0.15) is 27.7 Å². The first kappa shape index (κ1) is 17.0. The average molecular weight is 376 g/mol. The summed E-state index contributed by atoms with van der Waals surface area (Å²) < 4.78 is 14.6. The van der Waals surface area contributed by atoms with Gasteiger partial charge in [-0.2, -0.15) is 0 Å². The van der Waals surface area contributed by atoms with Crippen LogP contribution in [0.2, 0.25) is 0 Å². The highest BCUT2D eigenvalue weighted by atomic mass is 127. The van der Waals surface area contributed by atoms with Crippen molar-refractivity contribution in [2.24, 2.45) is 5.41 Å². The SMILES string of the molecule is CC(OC(=O)SCCOI)OC(=O)C(C)(C)C. The number of thioether (sulfide) groups is 1. The summed E-state index contributed by atoms with van der Waals surface area (Å²) in [5, 5.41) is -0.479. The van der Waals surface area contributed by atoms with Gasteiger partial charge < -0.3 is 12.5 Å². The van der Waals surface area contributed by atoms with E-state index in [1.54, 1.807) is 43.8 Å². The van der Waals surface area contributed by atoms with E-state index in [0.717, 1.165) is 11.8 Å². The first-order valence-corrected chi connectivity index (χ1v) is 6.92. The van der Waals surface area contributed by atoms with Gasteiger partial charge in [-0.1, -0.05) is 0 Å². The Morgan fingerprint density at radius 3 is 2.35 bits per heavy atom. The minimum Gasteiger partial charge on any atom is -0.425 e. The van der Waals surface area contributed by atoms with E-state index >= 15 is 0 Å². The van der Waals surface area contributed by atoms with Crippen molar-refractivity contribution >= 4 is 46.0 Å². The minimum atomic E-state index is -0.873. The lowest BCUT2D eigenvalue weighted by atomic mass is 9.97. The van der Waals surface area contributed by atoms with Crippen molar-refractivity contribution in [3.63, 3.8) is 0 Å². The summed E-state index contributed by atoms with van der Waals surface area (Å²) in [6.07, 6.45) is -0.873. The number of carbonyl (C=O) groups is 2. The van der Waals surface area contributed by atoms with Gasteiger partial charge in [-0.05, 0) is 32.5 Å². The summed E-state index contributed by atoms with van der Waals surface area (Å²) >= 11 is 2.73. The van der Waals surface area contributed by atoms with E-state index in [2.05, 4.69) is 0 Å². The smallest absolute Gasteiger partial charge is 0.370 e.